The fourth-order valence-corrected chi connectivity index (χ4v) is 2.20. The lowest BCUT2D eigenvalue weighted by Gasteiger charge is -2.31. The fourth-order valence-electron chi connectivity index (χ4n) is 2.20. The van der Waals surface area contributed by atoms with Crippen molar-refractivity contribution < 1.29 is 4.39 Å². The van der Waals surface area contributed by atoms with Crippen LogP contribution in [0.2, 0.25) is 0 Å². The van der Waals surface area contributed by atoms with E-state index in [1.54, 1.807) is 0 Å². The molecule has 0 amide bonds. The highest BCUT2D eigenvalue weighted by molar-refractivity contribution is 5.59. The van der Waals surface area contributed by atoms with Crippen LogP contribution >= 0.6 is 0 Å². The van der Waals surface area contributed by atoms with Crippen LogP contribution in [0.1, 0.15) is 53.4 Å². The summed E-state index contributed by atoms with van der Waals surface area (Å²) in [5.41, 5.74) is 7.37. The van der Waals surface area contributed by atoms with E-state index in [9.17, 15) is 4.39 Å². The molecule has 2 unspecified atom stereocenters. The number of aliphatic imine (C=N–C) groups is 1. The number of halogens is 1. The smallest absolute Gasteiger partial charge is 0.0990 e. The topological polar surface area (TPSA) is 38.4 Å². The van der Waals surface area contributed by atoms with Crippen LogP contribution in [0, 0.1) is 11.3 Å². The molecule has 0 aliphatic carbocycles. The first-order valence-corrected chi connectivity index (χ1v) is 8.05. The molecule has 0 spiro atoms. The molecule has 2 nitrogen and oxygen atoms in total. The van der Waals surface area contributed by atoms with Gasteiger partial charge in [0.1, 0.15) is 0 Å². The number of nitrogens with zero attached hydrogens (tertiary/aromatic N) is 1. The normalized spacial score (nSPS) is 17.0. The Morgan fingerprint density at radius 2 is 2.10 bits per heavy atom. The van der Waals surface area contributed by atoms with Crippen molar-refractivity contribution >= 4 is 6.21 Å². The number of allylic oxidation sites excluding steroid dienone is 1. The molecule has 0 heterocycles. The first-order chi connectivity index (χ1) is 9.95. The highest BCUT2D eigenvalue weighted by Gasteiger charge is 2.29. The van der Waals surface area contributed by atoms with E-state index in [2.05, 4.69) is 31.5 Å². The van der Waals surface area contributed by atoms with E-state index in [1.807, 2.05) is 20.1 Å². The van der Waals surface area contributed by atoms with Crippen molar-refractivity contribution in [2.75, 3.05) is 19.8 Å². The predicted octanol–water partition coefficient (Wildman–Crippen LogP) is 4.71. The van der Waals surface area contributed by atoms with Crippen molar-refractivity contribution in [1.82, 2.24) is 0 Å². The maximum Gasteiger partial charge on any atom is 0.0990 e. The Labute approximate surface area is 130 Å². The van der Waals surface area contributed by atoms with Crippen LogP contribution in [-0.2, 0) is 0 Å². The molecule has 0 aromatic carbocycles. The van der Waals surface area contributed by atoms with Gasteiger partial charge in [-0.3, -0.25) is 9.38 Å². The lowest BCUT2D eigenvalue weighted by atomic mass is 9.75. The molecule has 0 radical (unpaired) electrons. The van der Waals surface area contributed by atoms with Gasteiger partial charge in [0.2, 0.25) is 0 Å². The second kappa shape index (κ2) is 10.7. The van der Waals surface area contributed by atoms with Gasteiger partial charge in [-0.05, 0) is 38.5 Å². The van der Waals surface area contributed by atoms with Gasteiger partial charge in [0.25, 0.3) is 0 Å². The molecular formula is C18H33FN2. The molecule has 0 aliphatic rings. The van der Waals surface area contributed by atoms with E-state index in [4.69, 9.17) is 5.73 Å². The lowest BCUT2D eigenvalue weighted by molar-refractivity contribution is 0.242. The molecule has 0 saturated heterocycles. The zero-order chi connectivity index (χ0) is 16.3. The van der Waals surface area contributed by atoms with Crippen LogP contribution in [0.3, 0.4) is 0 Å². The van der Waals surface area contributed by atoms with E-state index < -0.39 is 5.41 Å². The molecule has 0 saturated carbocycles. The van der Waals surface area contributed by atoms with Crippen LogP contribution in [0.4, 0.5) is 4.39 Å². The van der Waals surface area contributed by atoms with Crippen LogP contribution in [0.15, 0.2) is 28.8 Å². The van der Waals surface area contributed by atoms with Gasteiger partial charge in [-0.2, -0.15) is 0 Å². The van der Waals surface area contributed by atoms with E-state index in [0.29, 0.717) is 18.9 Å². The zero-order valence-corrected chi connectivity index (χ0v) is 14.3. The number of hydrogen-bond donors (Lipinski definition) is 1. The summed E-state index contributed by atoms with van der Waals surface area (Å²) in [4.78, 5) is 4.42. The summed E-state index contributed by atoms with van der Waals surface area (Å²) < 4.78 is 13.5. The minimum atomic E-state index is -0.453. The standard InChI is InChI=1S/C18H33FN2/c1-6-16(5)13-21-10-8-9-17(12-20)11-18(7-2,14-19)15(3)4/h9,13,16H,3,6-8,10-12,14,20H2,1-2,4-5H3. The van der Waals surface area contributed by atoms with Crippen LogP contribution in [-0.4, -0.2) is 26.0 Å². The van der Waals surface area contributed by atoms with Gasteiger partial charge < -0.3 is 5.73 Å². The Bertz CT molecular complexity index is 354. The molecule has 0 aromatic rings. The summed E-state index contributed by atoms with van der Waals surface area (Å²) in [7, 11) is 0. The Morgan fingerprint density at radius 1 is 1.43 bits per heavy atom. The van der Waals surface area contributed by atoms with Gasteiger partial charge >= 0.3 is 0 Å². The summed E-state index contributed by atoms with van der Waals surface area (Å²) in [5.74, 6) is 0.533. The van der Waals surface area contributed by atoms with Crippen LogP contribution in [0.25, 0.3) is 0 Å². The van der Waals surface area contributed by atoms with Gasteiger partial charge in [0.15, 0.2) is 0 Å². The predicted molar refractivity (Wildman–Crippen MR) is 92.7 cm³/mol. The molecule has 0 fully saturated rings. The highest BCUT2D eigenvalue weighted by Crippen LogP contribution is 2.37. The van der Waals surface area contributed by atoms with Gasteiger partial charge in [0.05, 0.1) is 6.67 Å². The highest BCUT2D eigenvalue weighted by atomic mass is 19.1. The summed E-state index contributed by atoms with van der Waals surface area (Å²) >= 11 is 0. The van der Waals surface area contributed by atoms with Gasteiger partial charge in [0, 0.05) is 24.7 Å². The van der Waals surface area contributed by atoms with Crippen molar-refractivity contribution in [2.24, 2.45) is 22.1 Å². The number of alkyl halides is 1. The first kappa shape index (κ1) is 20.0. The minimum Gasteiger partial charge on any atom is -0.327 e. The summed E-state index contributed by atoms with van der Waals surface area (Å²) in [6.45, 7) is 13.1. The average molecular weight is 296 g/mol. The van der Waals surface area contributed by atoms with Crippen molar-refractivity contribution in [3.05, 3.63) is 23.8 Å². The Kier molecular flexibility index (Phi) is 10.2. The number of rotatable bonds is 11. The van der Waals surface area contributed by atoms with E-state index >= 15 is 0 Å². The molecule has 21 heavy (non-hydrogen) atoms. The van der Waals surface area contributed by atoms with Crippen molar-refractivity contribution in [2.45, 2.75) is 53.4 Å². The largest absolute Gasteiger partial charge is 0.327 e. The minimum absolute atomic E-state index is 0.373. The van der Waals surface area contributed by atoms with Crippen molar-refractivity contribution in [3.8, 4) is 0 Å². The summed E-state index contributed by atoms with van der Waals surface area (Å²) in [6, 6.07) is 0. The fraction of sp³-hybridized carbons (Fsp3) is 0.722. The molecule has 122 valence electrons. The van der Waals surface area contributed by atoms with Gasteiger partial charge in [-0.15, -0.1) is 0 Å². The van der Waals surface area contributed by atoms with Gasteiger partial charge in [-0.25, -0.2) is 0 Å². The van der Waals surface area contributed by atoms with E-state index in [1.165, 1.54) is 0 Å². The Morgan fingerprint density at radius 3 is 2.52 bits per heavy atom. The SMILES string of the molecule is C=C(C)C(CC)(CF)CC(=CCCN=CC(C)CC)CN. The summed E-state index contributed by atoms with van der Waals surface area (Å²) in [5, 5.41) is 0. The second-order valence-corrected chi connectivity index (χ2v) is 6.02. The van der Waals surface area contributed by atoms with Crippen molar-refractivity contribution in [3.63, 3.8) is 0 Å². The molecule has 2 N–H and O–H groups in total. The van der Waals surface area contributed by atoms with Crippen LogP contribution in [0.5, 0.6) is 0 Å². The molecule has 0 rings (SSSR count). The third-order valence-electron chi connectivity index (χ3n) is 4.36. The van der Waals surface area contributed by atoms with Gasteiger partial charge in [-0.1, -0.05) is 44.6 Å². The first-order valence-electron chi connectivity index (χ1n) is 8.05. The molecule has 0 bridgehead atoms. The third-order valence-corrected chi connectivity index (χ3v) is 4.36. The second-order valence-electron chi connectivity index (χ2n) is 6.02. The number of hydrogen-bond acceptors (Lipinski definition) is 2. The molecule has 0 aliphatic heterocycles. The van der Waals surface area contributed by atoms with Crippen LogP contribution < -0.4 is 5.73 Å². The van der Waals surface area contributed by atoms with E-state index in [-0.39, 0.29) is 6.67 Å². The zero-order valence-electron chi connectivity index (χ0n) is 14.3. The molecule has 0 aromatic heterocycles. The quantitative estimate of drug-likeness (QED) is 0.335. The maximum absolute atomic E-state index is 13.5. The van der Waals surface area contributed by atoms with Crippen molar-refractivity contribution in [1.29, 1.82) is 0 Å². The average Bonchev–Trinajstić information content (AvgIpc) is 2.49. The third kappa shape index (κ3) is 7.03. The monoisotopic (exact) mass is 296 g/mol. The Hall–Kier alpha value is -0.960. The Balaban J connectivity index is 4.59. The molecular weight excluding hydrogens is 263 g/mol. The molecule has 2 atom stereocenters. The maximum atomic E-state index is 13.5. The lowest BCUT2D eigenvalue weighted by Crippen LogP contribution is -2.26. The summed E-state index contributed by atoms with van der Waals surface area (Å²) in [6.07, 6.45) is 7.53. The number of nitrogens with two attached hydrogens (primary N) is 1. The van der Waals surface area contributed by atoms with E-state index in [0.717, 1.165) is 37.0 Å². The molecule has 3 heteroatoms.